The first-order valence-electron chi connectivity index (χ1n) is 6.85. The second-order valence-corrected chi connectivity index (χ2v) is 5.37. The van der Waals surface area contributed by atoms with Crippen molar-refractivity contribution < 1.29 is 4.79 Å². The zero-order valence-corrected chi connectivity index (χ0v) is 12.0. The summed E-state index contributed by atoms with van der Waals surface area (Å²) in [6, 6.07) is 1.95. The van der Waals surface area contributed by atoms with Crippen LogP contribution in [0.2, 0.25) is 5.02 Å². The third-order valence-corrected chi connectivity index (χ3v) is 3.82. The summed E-state index contributed by atoms with van der Waals surface area (Å²) in [6.45, 7) is 0. The fraction of sp³-hybridized carbons (Fsp3) is 0.571. The van der Waals surface area contributed by atoms with Gasteiger partial charge in [0, 0.05) is 19.3 Å². The van der Waals surface area contributed by atoms with Crippen molar-refractivity contribution in [3.63, 3.8) is 0 Å². The van der Waals surface area contributed by atoms with E-state index in [0.717, 1.165) is 12.8 Å². The number of amides is 1. The van der Waals surface area contributed by atoms with Crippen LogP contribution in [0.25, 0.3) is 0 Å². The van der Waals surface area contributed by atoms with Gasteiger partial charge in [-0.05, 0) is 18.9 Å². The number of carbonyl (C=O) groups is 1. The molecule has 1 aliphatic carbocycles. The van der Waals surface area contributed by atoms with Crippen molar-refractivity contribution in [1.29, 1.82) is 0 Å². The molecule has 0 bridgehead atoms. The van der Waals surface area contributed by atoms with Crippen LogP contribution in [0.15, 0.2) is 12.3 Å². The van der Waals surface area contributed by atoms with E-state index in [9.17, 15) is 4.79 Å². The lowest BCUT2D eigenvalue weighted by Gasteiger charge is -2.16. The van der Waals surface area contributed by atoms with E-state index in [1.807, 2.05) is 0 Å². The van der Waals surface area contributed by atoms with Crippen LogP contribution >= 0.6 is 11.6 Å². The average Bonchev–Trinajstić information content (AvgIpc) is 2.67. The van der Waals surface area contributed by atoms with Gasteiger partial charge in [0.1, 0.15) is 5.82 Å². The van der Waals surface area contributed by atoms with E-state index in [1.54, 1.807) is 19.3 Å². The maximum Gasteiger partial charge on any atom is 0.253 e. The molecule has 2 N–H and O–H groups in total. The Hall–Kier alpha value is -1.29. The molecule has 0 aromatic carbocycles. The third kappa shape index (κ3) is 3.83. The van der Waals surface area contributed by atoms with E-state index in [0.29, 0.717) is 16.4 Å². The van der Waals surface area contributed by atoms with Crippen molar-refractivity contribution in [3.8, 4) is 0 Å². The maximum atomic E-state index is 12.1. The topological polar surface area (TPSA) is 54.0 Å². The highest BCUT2D eigenvalue weighted by atomic mass is 35.5. The predicted octanol–water partition coefficient (Wildman–Crippen LogP) is 3.23. The molecule has 1 heterocycles. The SMILES string of the molecule is CNc1ncc(C(=O)NC2CCCCCC2)cc1Cl. The summed E-state index contributed by atoms with van der Waals surface area (Å²) >= 11 is 6.04. The number of pyridine rings is 1. The summed E-state index contributed by atoms with van der Waals surface area (Å²) in [4.78, 5) is 16.3. The fourth-order valence-electron chi connectivity index (χ4n) is 2.44. The quantitative estimate of drug-likeness (QED) is 0.837. The van der Waals surface area contributed by atoms with Crippen LogP contribution in [0, 0.1) is 0 Å². The Labute approximate surface area is 118 Å². The van der Waals surface area contributed by atoms with E-state index in [4.69, 9.17) is 11.6 Å². The molecular weight excluding hydrogens is 262 g/mol. The van der Waals surface area contributed by atoms with Crippen LogP contribution in [0.5, 0.6) is 0 Å². The van der Waals surface area contributed by atoms with Crippen molar-refractivity contribution in [2.45, 2.75) is 44.6 Å². The second kappa shape index (κ2) is 6.75. The smallest absolute Gasteiger partial charge is 0.253 e. The lowest BCUT2D eigenvalue weighted by Crippen LogP contribution is -2.34. The second-order valence-electron chi connectivity index (χ2n) is 4.97. The van der Waals surface area contributed by atoms with Gasteiger partial charge in [0.05, 0.1) is 10.6 Å². The molecule has 0 aliphatic heterocycles. The van der Waals surface area contributed by atoms with Gasteiger partial charge >= 0.3 is 0 Å². The summed E-state index contributed by atoms with van der Waals surface area (Å²) in [5.74, 6) is 0.511. The zero-order valence-electron chi connectivity index (χ0n) is 11.2. The number of hydrogen-bond acceptors (Lipinski definition) is 3. The molecule has 0 unspecified atom stereocenters. The molecule has 1 aliphatic rings. The van der Waals surface area contributed by atoms with Gasteiger partial charge in [0.25, 0.3) is 5.91 Å². The molecule has 0 spiro atoms. The van der Waals surface area contributed by atoms with E-state index in [1.165, 1.54) is 25.7 Å². The van der Waals surface area contributed by atoms with E-state index >= 15 is 0 Å². The summed E-state index contributed by atoms with van der Waals surface area (Å²) in [5, 5.41) is 6.43. The first kappa shape index (κ1) is 14.1. The van der Waals surface area contributed by atoms with E-state index < -0.39 is 0 Å². The van der Waals surface area contributed by atoms with Gasteiger partial charge in [0.15, 0.2) is 0 Å². The summed E-state index contributed by atoms with van der Waals surface area (Å²) in [5.41, 5.74) is 0.522. The molecule has 4 nitrogen and oxygen atoms in total. The third-order valence-electron chi connectivity index (χ3n) is 3.53. The number of anilines is 1. The molecule has 0 saturated heterocycles. The van der Waals surface area contributed by atoms with Gasteiger partial charge in [-0.1, -0.05) is 37.3 Å². The first-order chi connectivity index (χ1) is 9.20. The van der Waals surface area contributed by atoms with Crippen molar-refractivity contribution in [3.05, 3.63) is 22.8 Å². The number of nitrogens with zero attached hydrogens (tertiary/aromatic N) is 1. The number of rotatable bonds is 3. The van der Waals surface area contributed by atoms with Crippen LogP contribution in [0.4, 0.5) is 5.82 Å². The number of nitrogens with one attached hydrogen (secondary N) is 2. The lowest BCUT2D eigenvalue weighted by molar-refractivity contribution is 0.0933. The predicted molar refractivity (Wildman–Crippen MR) is 77.7 cm³/mol. The Morgan fingerprint density at radius 2 is 2.00 bits per heavy atom. The Bertz CT molecular complexity index is 442. The highest BCUT2D eigenvalue weighted by molar-refractivity contribution is 6.33. The molecule has 104 valence electrons. The monoisotopic (exact) mass is 281 g/mol. The first-order valence-corrected chi connectivity index (χ1v) is 7.22. The maximum absolute atomic E-state index is 12.1. The molecule has 5 heteroatoms. The zero-order chi connectivity index (χ0) is 13.7. The number of aromatic nitrogens is 1. The number of carbonyl (C=O) groups excluding carboxylic acids is 1. The summed E-state index contributed by atoms with van der Waals surface area (Å²) in [7, 11) is 1.75. The minimum atomic E-state index is -0.0797. The van der Waals surface area contributed by atoms with Gasteiger partial charge in [0.2, 0.25) is 0 Å². The van der Waals surface area contributed by atoms with Crippen LogP contribution in [0.3, 0.4) is 0 Å². The Kier molecular flexibility index (Phi) is 5.02. The molecular formula is C14H20ClN3O. The molecule has 1 amide bonds. The molecule has 1 aromatic heterocycles. The van der Waals surface area contributed by atoms with Crippen molar-refractivity contribution in [2.75, 3.05) is 12.4 Å². The van der Waals surface area contributed by atoms with E-state index in [-0.39, 0.29) is 11.9 Å². The highest BCUT2D eigenvalue weighted by Gasteiger charge is 2.16. The molecule has 0 radical (unpaired) electrons. The van der Waals surface area contributed by atoms with Crippen LogP contribution in [-0.2, 0) is 0 Å². The summed E-state index contributed by atoms with van der Waals surface area (Å²) < 4.78 is 0. The molecule has 19 heavy (non-hydrogen) atoms. The highest BCUT2D eigenvalue weighted by Crippen LogP contribution is 2.21. The lowest BCUT2D eigenvalue weighted by atomic mass is 10.1. The molecule has 1 aromatic rings. The molecule has 1 fully saturated rings. The Morgan fingerprint density at radius 1 is 1.32 bits per heavy atom. The largest absolute Gasteiger partial charge is 0.372 e. The fourth-order valence-corrected chi connectivity index (χ4v) is 2.70. The Morgan fingerprint density at radius 3 is 2.58 bits per heavy atom. The molecule has 1 saturated carbocycles. The van der Waals surface area contributed by atoms with Gasteiger partial charge in [-0.3, -0.25) is 4.79 Å². The van der Waals surface area contributed by atoms with Gasteiger partial charge in [-0.2, -0.15) is 0 Å². The normalized spacial score (nSPS) is 16.7. The van der Waals surface area contributed by atoms with Crippen molar-refractivity contribution in [2.24, 2.45) is 0 Å². The van der Waals surface area contributed by atoms with Crippen molar-refractivity contribution >= 4 is 23.3 Å². The standard InChI is InChI=1S/C14H20ClN3O/c1-16-13-12(15)8-10(9-17-13)14(19)18-11-6-4-2-3-5-7-11/h8-9,11H,2-7H2,1H3,(H,16,17)(H,18,19). The molecule has 2 rings (SSSR count). The van der Waals surface area contributed by atoms with E-state index in [2.05, 4.69) is 15.6 Å². The van der Waals surface area contributed by atoms with Crippen LogP contribution < -0.4 is 10.6 Å². The van der Waals surface area contributed by atoms with Crippen molar-refractivity contribution in [1.82, 2.24) is 10.3 Å². The minimum absolute atomic E-state index is 0.0797. The van der Waals surface area contributed by atoms with Gasteiger partial charge < -0.3 is 10.6 Å². The number of hydrogen-bond donors (Lipinski definition) is 2. The van der Waals surface area contributed by atoms with Crippen LogP contribution in [0.1, 0.15) is 48.9 Å². The minimum Gasteiger partial charge on any atom is -0.372 e. The Balaban J connectivity index is 2.00. The number of halogens is 1. The van der Waals surface area contributed by atoms with Crippen LogP contribution in [-0.4, -0.2) is 24.0 Å². The molecule has 0 atom stereocenters. The van der Waals surface area contributed by atoms with Gasteiger partial charge in [-0.15, -0.1) is 0 Å². The van der Waals surface area contributed by atoms with Gasteiger partial charge in [-0.25, -0.2) is 4.98 Å². The average molecular weight is 282 g/mol. The summed E-state index contributed by atoms with van der Waals surface area (Å²) in [6.07, 6.45) is 8.64.